The lowest BCUT2D eigenvalue weighted by molar-refractivity contribution is 0.222. The van der Waals surface area contributed by atoms with E-state index >= 15 is 0 Å². The van der Waals surface area contributed by atoms with E-state index in [2.05, 4.69) is 10.1 Å². The fraction of sp³-hybridized carbons (Fsp3) is 0.400. The van der Waals surface area contributed by atoms with Gasteiger partial charge in [0.1, 0.15) is 11.4 Å². The van der Waals surface area contributed by atoms with Crippen molar-refractivity contribution in [3.05, 3.63) is 42.2 Å². The fourth-order valence-corrected chi connectivity index (χ4v) is 3.86. The van der Waals surface area contributed by atoms with Gasteiger partial charge >= 0.3 is 0 Å². The zero-order chi connectivity index (χ0) is 15.6. The summed E-state index contributed by atoms with van der Waals surface area (Å²) in [5, 5.41) is 3.96. The summed E-state index contributed by atoms with van der Waals surface area (Å²) in [5.41, 5.74) is 1.57. The minimum Gasteiger partial charge on any atom is -0.360 e. The second kappa shape index (κ2) is 6.20. The average Bonchev–Trinajstić information content (AvgIpc) is 2.96. The summed E-state index contributed by atoms with van der Waals surface area (Å²) in [6.45, 7) is 2.56. The molecule has 1 saturated heterocycles. The first-order valence-corrected chi connectivity index (χ1v) is 8.83. The monoisotopic (exact) mass is 321 g/mol. The number of aromatic nitrogens is 1. The minimum atomic E-state index is -3.36. The van der Waals surface area contributed by atoms with Crippen LogP contribution in [-0.2, 0) is 15.8 Å². The quantitative estimate of drug-likeness (QED) is 0.852. The van der Waals surface area contributed by atoms with Crippen molar-refractivity contribution in [2.45, 2.75) is 5.75 Å². The molecule has 0 bridgehead atoms. The highest BCUT2D eigenvalue weighted by atomic mass is 32.2. The number of sulfonamides is 1. The highest BCUT2D eigenvalue weighted by Gasteiger charge is 2.27. The summed E-state index contributed by atoms with van der Waals surface area (Å²) in [4.78, 5) is 2.12. The molecule has 1 aromatic heterocycles. The molecule has 118 valence electrons. The normalized spacial score (nSPS) is 17.7. The number of piperazine rings is 1. The summed E-state index contributed by atoms with van der Waals surface area (Å²) >= 11 is 0. The number of hydrogen-bond acceptors (Lipinski definition) is 5. The van der Waals surface area contributed by atoms with Gasteiger partial charge in [0.15, 0.2) is 5.76 Å². The van der Waals surface area contributed by atoms with Crippen molar-refractivity contribution in [2.24, 2.45) is 0 Å². The van der Waals surface area contributed by atoms with Crippen molar-refractivity contribution < 1.29 is 12.9 Å². The first kappa shape index (κ1) is 15.2. The number of rotatable bonds is 4. The first-order chi connectivity index (χ1) is 10.5. The van der Waals surface area contributed by atoms with Crippen molar-refractivity contribution >= 4 is 10.0 Å². The van der Waals surface area contributed by atoms with Gasteiger partial charge < -0.3 is 9.42 Å². The SMILES string of the molecule is CN1CCN(S(=O)(=O)Cc2cc(-c3ccccc3)no2)CC1. The van der Waals surface area contributed by atoms with Gasteiger partial charge in [-0.25, -0.2) is 8.42 Å². The summed E-state index contributed by atoms with van der Waals surface area (Å²) in [7, 11) is -1.36. The molecule has 0 N–H and O–H groups in total. The second-order valence-electron chi connectivity index (χ2n) is 5.50. The molecular weight excluding hydrogens is 302 g/mol. The maximum Gasteiger partial charge on any atom is 0.221 e. The largest absolute Gasteiger partial charge is 0.360 e. The first-order valence-electron chi connectivity index (χ1n) is 7.22. The number of nitrogens with zero attached hydrogens (tertiary/aromatic N) is 3. The van der Waals surface area contributed by atoms with Crippen molar-refractivity contribution in [1.29, 1.82) is 0 Å². The summed E-state index contributed by atoms with van der Waals surface area (Å²) < 4.78 is 31.6. The van der Waals surface area contributed by atoms with E-state index in [0.29, 0.717) is 24.5 Å². The molecule has 3 rings (SSSR count). The molecule has 0 amide bonds. The van der Waals surface area contributed by atoms with Crippen LogP contribution < -0.4 is 0 Å². The zero-order valence-electron chi connectivity index (χ0n) is 12.5. The van der Waals surface area contributed by atoms with Crippen LogP contribution in [0.4, 0.5) is 0 Å². The average molecular weight is 321 g/mol. The summed E-state index contributed by atoms with van der Waals surface area (Å²) in [6.07, 6.45) is 0. The molecule has 1 aliphatic heterocycles. The Morgan fingerprint density at radius 1 is 1.14 bits per heavy atom. The Bertz CT molecular complexity index is 720. The lowest BCUT2D eigenvalue weighted by Crippen LogP contribution is -2.47. The molecule has 0 unspecified atom stereocenters. The number of likely N-dealkylation sites (N-methyl/N-ethyl adjacent to an activating group) is 1. The van der Waals surface area contributed by atoms with E-state index in [9.17, 15) is 8.42 Å². The van der Waals surface area contributed by atoms with Crippen LogP contribution in [0, 0.1) is 0 Å². The molecule has 1 aromatic carbocycles. The van der Waals surface area contributed by atoms with E-state index in [1.807, 2.05) is 37.4 Å². The van der Waals surface area contributed by atoms with Gasteiger partial charge in [0.2, 0.25) is 10.0 Å². The van der Waals surface area contributed by atoms with Crippen molar-refractivity contribution in [3.8, 4) is 11.3 Å². The zero-order valence-corrected chi connectivity index (χ0v) is 13.3. The molecule has 1 fully saturated rings. The minimum absolute atomic E-state index is 0.142. The van der Waals surface area contributed by atoms with E-state index in [-0.39, 0.29) is 5.75 Å². The molecule has 0 saturated carbocycles. The van der Waals surface area contributed by atoms with Crippen LogP contribution in [0.15, 0.2) is 40.9 Å². The standard InChI is InChI=1S/C15H19N3O3S/c1-17-7-9-18(10-8-17)22(19,20)12-14-11-15(16-21-14)13-5-3-2-4-6-13/h2-6,11H,7-10,12H2,1H3. The van der Waals surface area contributed by atoms with Crippen LogP contribution in [0.25, 0.3) is 11.3 Å². The lowest BCUT2D eigenvalue weighted by atomic mass is 10.1. The van der Waals surface area contributed by atoms with Gasteiger partial charge in [-0.2, -0.15) is 4.31 Å². The predicted octanol–water partition coefficient (Wildman–Crippen LogP) is 1.42. The third kappa shape index (κ3) is 3.37. The van der Waals surface area contributed by atoms with Crippen LogP contribution in [0.1, 0.15) is 5.76 Å². The van der Waals surface area contributed by atoms with Crippen molar-refractivity contribution in [1.82, 2.24) is 14.4 Å². The Kier molecular flexibility index (Phi) is 4.28. The molecule has 0 atom stereocenters. The van der Waals surface area contributed by atoms with E-state index in [0.717, 1.165) is 18.7 Å². The van der Waals surface area contributed by atoms with Gasteiger partial charge in [-0.15, -0.1) is 0 Å². The molecule has 22 heavy (non-hydrogen) atoms. The van der Waals surface area contributed by atoms with Gasteiger partial charge in [0.05, 0.1) is 0 Å². The molecule has 0 radical (unpaired) electrons. The van der Waals surface area contributed by atoms with Crippen LogP contribution in [-0.4, -0.2) is 56.0 Å². The maximum absolute atomic E-state index is 12.4. The Morgan fingerprint density at radius 3 is 2.50 bits per heavy atom. The summed E-state index contributed by atoms with van der Waals surface area (Å²) in [6, 6.07) is 11.3. The van der Waals surface area contributed by atoms with Gasteiger partial charge in [-0.05, 0) is 7.05 Å². The third-order valence-corrected chi connectivity index (χ3v) is 5.61. The Balaban J connectivity index is 1.72. The molecular formula is C15H19N3O3S. The lowest BCUT2D eigenvalue weighted by Gasteiger charge is -2.31. The van der Waals surface area contributed by atoms with E-state index < -0.39 is 10.0 Å². The van der Waals surface area contributed by atoms with Gasteiger partial charge in [0, 0.05) is 37.8 Å². The van der Waals surface area contributed by atoms with Crippen LogP contribution in [0.5, 0.6) is 0 Å². The molecule has 6 nitrogen and oxygen atoms in total. The Hall–Kier alpha value is -1.70. The molecule has 7 heteroatoms. The third-order valence-electron chi connectivity index (χ3n) is 3.81. The highest BCUT2D eigenvalue weighted by Crippen LogP contribution is 2.21. The molecule has 2 aromatic rings. The van der Waals surface area contributed by atoms with Crippen LogP contribution in [0.3, 0.4) is 0 Å². The maximum atomic E-state index is 12.4. The van der Waals surface area contributed by atoms with Gasteiger partial charge in [-0.3, -0.25) is 0 Å². The molecule has 0 aliphatic carbocycles. The topological polar surface area (TPSA) is 66.7 Å². The van der Waals surface area contributed by atoms with Gasteiger partial charge in [-0.1, -0.05) is 35.5 Å². The van der Waals surface area contributed by atoms with Crippen molar-refractivity contribution in [2.75, 3.05) is 33.2 Å². The fourth-order valence-electron chi connectivity index (χ4n) is 2.46. The van der Waals surface area contributed by atoms with E-state index in [1.54, 1.807) is 6.07 Å². The second-order valence-corrected chi connectivity index (χ2v) is 7.47. The molecule has 2 heterocycles. The molecule has 1 aliphatic rings. The smallest absolute Gasteiger partial charge is 0.221 e. The van der Waals surface area contributed by atoms with Crippen molar-refractivity contribution in [3.63, 3.8) is 0 Å². The number of benzene rings is 1. The predicted molar refractivity (Wildman–Crippen MR) is 83.6 cm³/mol. The van der Waals surface area contributed by atoms with Crippen LogP contribution in [0.2, 0.25) is 0 Å². The van der Waals surface area contributed by atoms with E-state index in [4.69, 9.17) is 4.52 Å². The highest BCUT2D eigenvalue weighted by molar-refractivity contribution is 7.88. The van der Waals surface area contributed by atoms with E-state index in [1.165, 1.54) is 4.31 Å². The Morgan fingerprint density at radius 2 is 1.82 bits per heavy atom. The summed E-state index contributed by atoms with van der Waals surface area (Å²) in [5.74, 6) is 0.231. The van der Waals surface area contributed by atoms with Crippen LogP contribution >= 0.6 is 0 Å². The Labute approximate surface area is 130 Å². The number of hydrogen-bond donors (Lipinski definition) is 0. The molecule has 0 spiro atoms. The van der Waals surface area contributed by atoms with Gasteiger partial charge in [0.25, 0.3) is 0 Å².